The second-order valence-corrected chi connectivity index (χ2v) is 6.19. The molecule has 0 saturated heterocycles. The number of likely N-dealkylation sites (N-methyl/N-ethyl adjacent to an activating group) is 1. The lowest BCUT2D eigenvalue weighted by Gasteiger charge is -2.25. The minimum absolute atomic E-state index is 0.333. The van der Waals surface area contributed by atoms with Gasteiger partial charge in [0.15, 0.2) is 0 Å². The van der Waals surface area contributed by atoms with E-state index in [1.807, 2.05) is 12.3 Å². The first-order valence-corrected chi connectivity index (χ1v) is 7.62. The normalized spacial score (nSPS) is 12.7. The third-order valence-corrected chi connectivity index (χ3v) is 4.24. The Morgan fingerprint density at radius 2 is 1.90 bits per heavy atom. The van der Waals surface area contributed by atoms with Gasteiger partial charge in [0.05, 0.1) is 10.0 Å². The van der Waals surface area contributed by atoms with Crippen LogP contribution in [-0.2, 0) is 13.0 Å². The number of hydrogen-bond donors (Lipinski definition) is 0. The molecule has 0 aliphatic rings. The fourth-order valence-electron chi connectivity index (χ4n) is 2.16. The van der Waals surface area contributed by atoms with Gasteiger partial charge in [-0.15, -0.1) is 0 Å². The molecule has 2 rings (SSSR count). The molecule has 112 valence electrons. The number of halogens is 2. The molecule has 0 unspecified atom stereocenters. The lowest BCUT2D eigenvalue weighted by atomic mass is 10.1. The Hall–Kier alpha value is -1.16. The van der Waals surface area contributed by atoms with E-state index in [2.05, 4.69) is 41.8 Å². The molecule has 2 aromatic rings. The van der Waals surface area contributed by atoms with Crippen LogP contribution in [0.4, 0.5) is 0 Å². The van der Waals surface area contributed by atoms with Gasteiger partial charge >= 0.3 is 0 Å². The van der Waals surface area contributed by atoms with Crippen molar-refractivity contribution in [2.24, 2.45) is 0 Å². The van der Waals surface area contributed by atoms with Gasteiger partial charge in [-0.2, -0.15) is 0 Å². The summed E-state index contributed by atoms with van der Waals surface area (Å²) in [7, 11) is 2.06. The Bertz CT molecular complexity index is 596. The molecule has 2 heterocycles. The average Bonchev–Trinajstić information content (AvgIpc) is 2.43. The molecule has 0 N–H and O–H groups in total. The first-order chi connectivity index (χ1) is 9.97. The molecule has 3 nitrogen and oxygen atoms in total. The lowest BCUT2D eigenvalue weighted by Crippen LogP contribution is -2.31. The smallest absolute Gasteiger partial charge is 0.0649 e. The van der Waals surface area contributed by atoms with Gasteiger partial charge in [0.2, 0.25) is 0 Å². The van der Waals surface area contributed by atoms with Crippen molar-refractivity contribution >= 4 is 23.2 Å². The van der Waals surface area contributed by atoms with Crippen LogP contribution in [0.5, 0.6) is 0 Å². The SMILES string of the molecule is Cc1ccnc(C[C@H](C)N(C)Cc2c(Cl)cncc2Cl)c1. The number of aryl methyl sites for hydroxylation is 1. The van der Waals surface area contributed by atoms with Gasteiger partial charge in [0.25, 0.3) is 0 Å². The van der Waals surface area contributed by atoms with Crippen molar-refractivity contribution < 1.29 is 0 Å². The van der Waals surface area contributed by atoms with Gasteiger partial charge in [-0.1, -0.05) is 23.2 Å². The zero-order chi connectivity index (χ0) is 15.4. The van der Waals surface area contributed by atoms with Crippen LogP contribution < -0.4 is 0 Å². The number of pyridine rings is 2. The molecule has 2 aromatic heterocycles. The number of hydrogen-bond acceptors (Lipinski definition) is 3. The summed E-state index contributed by atoms with van der Waals surface area (Å²) in [6.45, 7) is 4.94. The predicted octanol–water partition coefficient (Wildman–Crippen LogP) is 4.15. The molecule has 1 atom stereocenters. The Morgan fingerprint density at radius 3 is 2.52 bits per heavy atom. The minimum Gasteiger partial charge on any atom is -0.299 e. The molecule has 0 aliphatic carbocycles. The van der Waals surface area contributed by atoms with E-state index in [1.54, 1.807) is 12.4 Å². The molecule has 0 saturated carbocycles. The molecular weight excluding hydrogens is 305 g/mol. The van der Waals surface area contributed by atoms with Crippen LogP contribution in [0.1, 0.15) is 23.7 Å². The summed E-state index contributed by atoms with van der Waals surface area (Å²) >= 11 is 12.3. The van der Waals surface area contributed by atoms with Gasteiger partial charge in [-0.25, -0.2) is 0 Å². The monoisotopic (exact) mass is 323 g/mol. The number of rotatable bonds is 5. The van der Waals surface area contributed by atoms with Crippen molar-refractivity contribution in [3.05, 3.63) is 57.6 Å². The largest absolute Gasteiger partial charge is 0.299 e. The topological polar surface area (TPSA) is 29.0 Å². The third-order valence-electron chi connectivity index (χ3n) is 3.59. The molecule has 5 heteroatoms. The zero-order valence-corrected chi connectivity index (χ0v) is 14.0. The van der Waals surface area contributed by atoms with E-state index in [0.29, 0.717) is 22.6 Å². The van der Waals surface area contributed by atoms with Crippen LogP contribution in [-0.4, -0.2) is 28.0 Å². The zero-order valence-electron chi connectivity index (χ0n) is 12.5. The first kappa shape index (κ1) is 16.2. The van der Waals surface area contributed by atoms with Gasteiger partial charge < -0.3 is 0 Å². The minimum atomic E-state index is 0.333. The Kier molecular flexibility index (Phi) is 5.57. The van der Waals surface area contributed by atoms with Crippen molar-refractivity contribution in [2.45, 2.75) is 32.9 Å². The molecule has 0 aromatic carbocycles. The Morgan fingerprint density at radius 1 is 1.24 bits per heavy atom. The van der Waals surface area contributed by atoms with E-state index in [1.165, 1.54) is 5.56 Å². The summed E-state index contributed by atoms with van der Waals surface area (Å²) in [6.07, 6.45) is 6.00. The van der Waals surface area contributed by atoms with Crippen LogP contribution in [0.2, 0.25) is 10.0 Å². The van der Waals surface area contributed by atoms with E-state index in [0.717, 1.165) is 17.7 Å². The summed E-state index contributed by atoms with van der Waals surface area (Å²) in [4.78, 5) is 10.6. The van der Waals surface area contributed by atoms with Gasteiger partial charge in [-0.05, 0) is 38.6 Å². The molecule has 0 fully saturated rings. The van der Waals surface area contributed by atoms with Crippen LogP contribution in [0.25, 0.3) is 0 Å². The van der Waals surface area contributed by atoms with E-state index < -0.39 is 0 Å². The van der Waals surface area contributed by atoms with Crippen LogP contribution >= 0.6 is 23.2 Å². The van der Waals surface area contributed by atoms with Crippen molar-refractivity contribution in [2.75, 3.05) is 7.05 Å². The van der Waals surface area contributed by atoms with E-state index in [9.17, 15) is 0 Å². The molecule has 0 bridgehead atoms. The van der Waals surface area contributed by atoms with Gasteiger partial charge in [0.1, 0.15) is 0 Å². The maximum atomic E-state index is 6.17. The van der Waals surface area contributed by atoms with E-state index in [4.69, 9.17) is 23.2 Å². The fraction of sp³-hybridized carbons (Fsp3) is 0.375. The highest BCUT2D eigenvalue weighted by atomic mass is 35.5. The van der Waals surface area contributed by atoms with Gasteiger partial charge in [-0.3, -0.25) is 14.9 Å². The molecule has 0 spiro atoms. The quantitative estimate of drug-likeness (QED) is 0.827. The molecular formula is C16H19Cl2N3. The molecule has 0 aliphatic heterocycles. The summed E-state index contributed by atoms with van der Waals surface area (Å²) < 4.78 is 0. The summed E-state index contributed by atoms with van der Waals surface area (Å²) in [5.41, 5.74) is 3.25. The maximum Gasteiger partial charge on any atom is 0.0649 e. The Balaban J connectivity index is 2.04. The second-order valence-electron chi connectivity index (χ2n) is 5.37. The highest BCUT2D eigenvalue weighted by molar-refractivity contribution is 6.35. The highest BCUT2D eigenvalue weighted by Gasteiger charge is 2.15. The predicted molar refractivity (Wildman–Crippen MR) is 87.9 cm³/mol. The van der Waals surface area contributed by atoms with Crippen molar-refractivity contribution in [1.29, 1.82) is 0 Å². The van der Waals surface area contributed by atoms with Crippen molar-refractivity contribution in [3.63, 3.8) is 0 Å². The van der Waals surface area contributed by atoms with Crippen molar-refractivity contribution in [3.8, 4) is 0 Å². The van der Waals surface area contributed by atoms with E-state index >= 15 is 0 Å². The molecule has 0 amide bonds. The van der Waals surface area contributed by atoms with Crippen LogP contribution in [0.3, 0.4) is 0 Å². The summed E-state index contributed by atoms with van der Waals surface area (Å²) in [5, 5.41) is 1.21. The summed E-state index contributed by atoms with van der Waals surface area (Å²) in [6, 6.07) is 4.46. The van der Waals surface area contributed by atoms with Crippen LogP contribution in [0, 0.1) is 6.92 Å². The number of nitrogens with zero attached hydrogens (tertiary/aromatic N) is 3. The second kappa shape index (κ2) is 7.21. The first-order valence-electron chi connectivity index (χ1n) is 6.87. The van der Waals surface area contributed by atoms with Crippen molar-refractivity contribution in [1.82, 2.24) is 14.9 Å². The maximum absolute atomic E-state index is 6.17. The summed E-state index contributed by atoms with van der Waals surface area (Å²) in [5.74, 6) is 0. The molecule has 0 radical (unpaired) electrons. The number of aromatic nitrogens is 2. The third kappa shape index (κ3) is 4.40. The standard InChI is InChI=1S/C16H19Cl2N3/c1-11-4-5-20-13(6-11)7-12(2)21(3)10-14-15(17)8-19-9-16(14)18/h4-6,8-9,12H,7,10H2,1-3H3/t12-/m0/s1. The average molecular weight is 324 g/mol. The van der Waals surface area contributed by atoms with E-state index in [-0.39, 0.29) is 0 Å². The fourth-order valence-corrected chi connectivity index (χ4v) is 2.65. The molecule has 21 heavy (non-hydrogen) atoms. The van der Waals surface area contributed by atoms with Crippen LogP contribution in [0.15, 0.2) is 30.7 Å². The Labute approximate surface area is 135 Å². The van der Waals surface area contributed by atoms with Gasteiger partial charge in [0, 0.05) is 48.9 Å². The lowest BCUT2D eigenvalue weighted by molar-refractivity contribution is 0.247. The highest BCUT2D eigenvalue weighted by Crippen LogP contribution is 2.24.